The van der Waals surface area contributed by atoms with E-state index < -0.39 is 0 Å². The molecule has 1 aromatic carbocycles. The van der Waals surface area contributed by atoms with Crippen molar-refractivity contribution in [3.05, 3.63) is 52.0 Å². The molecule has 4 nitrogen and oxygen atoms in total. The fourth-order valence-corrected chi connectivity index (χ4v) is 3.34. The first-order valence-electron chi connectivity index (χ1n) is 7.19. The molecule has 0 spiro atoms. The van der Waals surface area contributed by atoms with Gasteiger partial charge in [0.25, 0.3) is 5.91 Å². The molecule has 0 aliphatic heterocycles. The van der Waals surface area contributed by atoms with Gasteiger partial charge in [0, 0.05) is 10.9 Å². The summed E-state index contributed by atoms with van der Waals surface area (Å²) in [5, 5.41) is 7.24. The Hall–Kier alpha value is -2.18. The van der Waals surface area contributed by atoms with Gasteiger partial charge in [0.05, 0.1) is 16.7 Å². The predicted molar refractivity (Wildman–Crippen MR) is 95.6 cm³/mol. The van der Waals surface area contributed by atoms with Gasteiger partial charge in [0.1, 0.15) is 5.75 Å². The minimum atomic E-state index is -0.124. The van der Waals surface area contributed by atoms with Gasteiger partial charge in [0.2, 0.25) is 0 Å². The molecule has 0 fully saturated rings. The first kappa shape index (κ1) is 15.7. The maximum Gasteiger partial charge on any atom is 0.267 e. The number of thiophene rings is 1. The molecule has 118 valence electrons. The maximum atomic E-state index is 12.0. The van der Waals surface area contributed by atoms with E-state index in [9.17, 15) is 4.79 Å². The number of nitrogens with zero attached hydrogens (tertiary/aromatic N) is 1. The zero-order chi connectivity index (χ0) is 16.2. The van der Waals surface area contributed by atoms with E-state index in [0.717, 1.165) is 17.0 Å². The number of amides is 1. The molecule has 0 bridgehead atoms. The number of rotatable bonds is 5. The van der Waals surface area contributed by atoms with E-state index in [1.54, 1.807) is 6.07 Å². The molecule has 0 radical (unpaired) electrons. The highest BCUT2D eigenvalue weighted by molar-refractivity contribution is 7.14. The number of carbonyl (C=O) groups is 1. The van der Waals surface area contributed by atoms with Crippen molar-refractivity contribution in [3.63, 3.8) is 0 Å². The summed E-state index contributed by atoms with van der Waals surface area (Å²) in [7, 11) is 0. The Kier molecular flexibility index (Phi) is 4.73. The Bertz CT molecular complexity index is 777. The molecule has 0 atom stereocenters. The summed E-state index contributed by atoms with van der Waals surface area (Å²) >= 11 is 2.83. The van der Waals surface area contributed by atoms with Crippen molar-refractivity contribution in [2.24, 2.45) is 0 Å². The summed E-state index contributed by atoms with van der Waals surface area (Å²) in [6.45, 7) is 3.99. The molecule has 0 aliphatic carbocycles. The highest BCUT2D eigenvalue weighted by atomic mass is 32.1. The van der Waals surface area contributed by atoms with Crippen LogP contribution in [0.4, 0.5) is 5.13 Å². The average Bonchev–Trinajstić information content (AvgIpc) is 3.18. The number of hydrogen-bond acceptors (Lipinski definition) is 5. The molecule has 2 aromatic heterocycles. The number of benzene rings is 1. The molecule has 0 saturated heterocycles. The summed E-state index contributed by atoms with van der Waals surface area (Å²) in [5.41, 5.74) is 1.83. The molecule has 0 saturated carbocycles. The quantitative estimate of drug-likeness (QED) is 0.715. The SMILES string of the molecule is CC(C)Oc1ccc(-c2csc(NC(=O)c3cccs3)n2)cc1. The molecule has 6 heteroatoms. The number of hydrogen-bond donors (Lipinski definition) is 1. The van der Waals surface area contributed by atoms with Gasteiger partial charge in [-0.1, -0.05) is 6.07 Å². The second-order valence-electron chi connectivity index (χ2n) is 5.16. The minimum Gasteiger partial charge on any atom is -0.491 e. The lowest BCUT2D eigenvalue weighted by Crippen LogP contribution is -2.09. The van der Waals surface area contributed by atoms with Crippen molar-refractivity contribution >= 4 is 33.7 Å². The fraction of sp³-hybridized carbons (Fsp3) is 0.176. The largest absolute Gasteiger partial charge is 0.491 e. The number of nitrogens with one attached hydrogen (secondary N) is 1. The maximum absolute atomic E-state index is 12.0. The molecule has 1 amide bonds. The lowest BCUT2D eigenvalue weighted by atomic mass is 10.2. The van der Waals surface area contributed by atoms with Crippen LogP contribution in [0.15, 0.2) is 47.2 Å². The molecule has 3 rings (SSSR count). The second kappa shape index (κ2) is 6.93. The highest BCUT2D eigenvalue weighted by Gasteiger charge is 2.10. The van der Waals surface area contributed by atoms with Gasteiger partial charge in [-0.3, -0.25) is 10.1 Å². The Morgan fingerprint density at radius 2 is 1.96 bits per heavy atom. The molecule has 0 unspecified atom stereocenters. The summed E-state index contributed by atoms with van der Waals surface area (Å²) < 4.78 is 5.63. The average molecular weight is 344 g/mol. The van der Waals surface area contributed by atoms with Gasteiger partial charge in [-0.15, -0.1) is 22.7 Å². The van der Waals surface area contributed by atoms with Crippen LogP contribution in [0.2, 0.25) is 0 Å². The summed E-state index contributed by atoms with van der Waals surface area (Å²) in [6, 6.07) is 11.4. The normalized spacial score (nSPS) is 10.7. The number of aromatic nitrogens is 1. The molecule has 23 heavy (non-hydrogen) atoms. The summed E-state index contributed by atoms with van der Waals surface area (Å²) in [4.78, 5) is 17.2. The Balaban J connectivity index is 1.70. The van der Waals surface area contributed by atoms with Crippen LogP contribution in [0.3, 0.4) is 0 Å². The number of ether oxygens (including phenoxy) is 1. The third-order valence-corrected chi connectivity index (χ3v) is 4.62. The van der Waals surface area contributed by atoms with Crippen molar-refractivity contribution in [1.82, 2.24) is 4.98 Å². The van der Waals surface area contributed by atoms with E-state index in [1.165, 1.54) is 22.7 Å². The third-order valence-electron chi connectivity index (χ3n) is 2.99. The fourth-order valence-electron chi connectivity index (χ4n) is 2.01. The monoisotopic (exact) mass is 344 g/mol. The Labute approximate surface area is 142 Å². The molecular weight excluding hydrogens is 328 g/mol. The van der Waals surface area contributed by atoms with E-state index in [4.69, 9.17) is 4.74 Å². The number of anilines is 1. The molecule has 1 N–H and O–H groups in total. The van der Waals surface area contributed by atoms with Crippen LogP contribution < -0.4 is 10.1 Å². The zero-order valence-electron chi connectivity index (χ0n) is 12.8. The Morgan fingerprint density at radius 1 is 1.17 bits per heavy atom. The van der Waals surface area contributed by atoms with Crippen LogP contribution in [0.25, 0.3) is 11.3 Å². The summed E-state index contributed by atoms with van der Waals surface area (Å²) in [5.74, 6) is 0.715. The van der Waals surface area contributed by atoms with Crippen LogP contribution in [0.5, 0.6) is 5.75 Å². The lowest BCUT2D eigenvalue weighted by Gasteiger charge is -2.09. The standard InChI is InChI=1S/C17H16N2O2S2/c1-11(2)21-13-7-5-12(6-8-13)14-10-23-17(18-14)19-16(20)15-4-3-9-22-15/h3-11H,1-2H3,(H,18,19,20). The van der Waals surface area contributed by atoms with E-state index in [1.807, 2.05) is 54.9 Å². The van der Waals surface area contributed by atoms with Crippen LogP contribution in [0, 0.1) is 0 Å². The van der Waals surface area contributed by atoms with Crippen LogP contribution in [-0.4, -0.2) is 17.0 Å². The van der Waals surface area contributed by atoms with Crippen molar-refractivity contribution in [1.29, 1.82) is 0 Å². The van der Waals surface area contributed by atoms with Crippen LogP contribution in [0.1, 0.15) is 23.5 Å². The van der Waals surface area contributed by atoms with Crippen molar-refractivity contribution in [2.75, 3.05) is 5.32 Å². The second-order valence-corrected chi connectivity index (χ2v) is 6.97. The molecule has 2 heterocycles. The van der Waals surface area contributed by atoms with E-state index in [2.05, 4.69) is 10.3 Å². The minimum absolute atomic E-state index is 0.124. The van der Waals surface area contributed by atoms with Gasteiger partial charge >= 0.3 is 0 Å². The van der Waals surface area contributed by atoms with E-state index >= 15 is 0 Å². The highest BCUT2D eigenvalue weighted by Crippen LogP contribution is 2.27. The first-order valence-corrected chi connectivity index (χ1v) is 8.95. The van der Waals surface area contributed by atoms with Gasteiger partial charge in [0.15, 0.2) is 5.13 Å². The van der Waals surface area contributed by atoms with Crippen molar-refractivity contribution in [2.45, 2.75) is 20.0 Å². The van der Waals surface area contributed by atoms with E-state index in [0.29, 0.717) is 10.0 Å². The van der Waals surface area contributed by atoms with Crippen LogP contribution >= 0.6 is 22.7 Å². The van der Waals surface area contributed by atoms with E-state index in [-0.39, 0.29) is 12.0 Å². The molecule has 0 aliphatic rings. The van der Waals surface area contributed by atoms with Crippen LogP contribution in [-0.2, 0) is 0 Å². The topological polar surface area (TPSA) is 51.2 Å². The van der Waals surface area contributed by atoms with Crippen molar-refractivity contribution < 1.29 is 9.53 Å². The molecule has 3 aromatic rings. The molecular formula is C17H16N2O2S2. The van der Waals surface area contributed by atoms with Gasteiger partial charge < -0.3 is 4.74 Å². The lowest BCUT2D eigenvalue weighted by molar-refractivity contribution is 0.103. The van der Waals surface area contributed by atoms with Gasteiger partial charge in [-0.05, 0) is 49.6 Å². The van der Waals surface area contributed by atoms with Crippen molar-refractivity contribution in [3.8, 4) is 17.0 Å². The Morgan fingerprint density at radius 3 is 2.61 bits per heavy atom. The van der Waals surface area contributed by atoms with Gasteiger partial charge in [-0.2, -0.15) is 0 Å². The zero-order valence-corrected chi connectivity index (χ0v) is 14.4. The predicted octanol–water partition coefficient (Wildman–Crippen LogP) is 4.91. The summed E-state index contributed by atoms with van der Waals surface area (Å²) in [6.07, 6.45) is 0.152. The van der Waals surface area contributed by atoms with Gasteiger partial charge in [-0.25, -0.2) is 4.98 Å². The number of thiazole rings is 1. The first-order chi connectivity index (χ1) is 11.1. The smallest absolute Gasteiger partial charge is 0.267 e. The third kappa shape index (κ3) is 3.97. The number of carbonyl (C=O) groups excluding carboxylic acids is 1.